The zero-order valence-electron chi connectivity index (χ0n) is 13.8. The van der Waals surface area contributed by atoms with Gasteiger partial charge in [-0.15, -0.1) is 35.3 Å². The number of anilines is 1. The topological polar surface area (TPSA) is 87.2 Å². The maximum atomic E-state index is 9.27. The fourth-order valence-electron chi connectivity index (χ4n) is 3.14. The van der Waals surface area contributed by atoms with Crippen molar-refractivity contribution in [2.45, 2.75) is 12.8 Å². The highest BCUT2D eigenvalue weighted by Crippen LogP contribution is 2.32. The second-order valence-corrected chi connectivity index (χ2v) is 7.11. The van der Waals surface area contributed by atoms with Crippen LogP contribution in [0.25, 0.3) is 0 Å². The van der Waals surface area contributed by atoms with E-state index in [4.69, 9.17) is 10.5 Å². The van der Waals surface area contributed by atoms with Crippen LogP contribution in [0.1, 0.15) is 12.8 Å². The van der Waals surface area contributed by atoms with Crippen molar-refractivity contribution >= 4 is 46.4 Å². The summed E-state index contributed by atoms with van der Waals surface area (Å²) in [6.45, 7) is 5.77. The first-order valence-corrected chi connectivity index (χ1v) is 8.98. The molecule has 0 spiro atoms. The van der Waals surface area contributed by atoms with Gasteiger partial charge in [0.2, 0.25) is 0 Å². The molecular weight excluding hydrogens is 441 g/mol. The van der Waals surface area contributed by atoms with Crippen molar-refractivity contribution in [2.75, 3.05) is 57.4 Å². The zero-order valence-corrected chi connectivity index (χ0v) is 16.9. The Bertz CT molecular complexity index is 514. The first-order chi connectivity index (χ1) is 11.2. The Morgan fingerprint density at radius 2 is 2.21 bits per heavy atom. The minimum Gasteiger partial charge on any atom is -0.396 e. The van der Waals surface area contributed by atoms with Crippen LogP contribution in [0.2, 0.25) is 0 Å². The molecule has 0 bridgehead atoms. The lowest BCUT2D eigenvalue weighted by atomic mass is 9.84. The molecule has 0 saturated carbocycles. The smallest absolute Gasteiger partial charge is 0.191 e. The minimum absolute atomic E-state index is 0. The molecule has 2 saturated heterocycles. The second-order valence-electron chi connectivity index (χ2n) is 6.24. The summed E-state index contributed by atoms with van der Waals surface area (Å²) in [5.41, 5.74) is 6.15. The number of hydrogen-bond acceptors (Lipinski definition) is 6. The molecule has 0 amide bonds. The van der Waals surface area contributed by atoms with Gasteiger partial charge in [0.05, 0.1) is 13.2 Å². The number of ether oxygens (including phenoxy) is 1. The normalized spacial score (nSPS) is 25.0. The van der Waals surface area contributed by atoms with Crippen molar-refractivity contribution in [2.24, 2.45) is 16.1 Å². The molecule has 3 heterocycles. The van der Waals surface area contributed by atoms with E-state index in [0.717, 1.165) is 50.8 Å². The molecule has 9 heteroatoms. The Balaban J connectivity index is 0.00000208. The molecule has 3 N–H and O–H groups in total. The van der Waals surface area contributed by atoms with E-state index in [-0.39, 0.29) is 36.0 Å². The lowest BCUT2D eigenvalue weighted by Gasteiger charge is -2.35. The van der Waals surface area contributed by atoms with Gasteiger partial charge in [-0.2, -0.15) is 0 Å². The van der Waals surface area contributed by atoms with Gasteiger partial charge in [-0.3, -0.25) is 4.99 Å². The first-order valence-electron chi connectivity index (χ1n) is 8.10. The van der Waals surface area contributed by atoms with Crippen molar-refractivity contribution < 1.29 is 9.84 Å². The summed E-state index contributed by atoms with van der Waals surface area (Å²) in [6, 6.07) is 0. The molecule has 136 valence electrons. The monoisotopic (exact) mass is 467 g/mol. The molecule has 0 aromatic carbocycles. The van der Waals surface area contributed by atoms with Crippen LogP contribution < -0.4 is 10.6 Å². The summed E-state index contributed by atoms with van der Waals surface area (Å²) >= 11 is 1.67. The third-order valence-corrected chi connectivity index (χ3v) is 5.53. The van der Waals surface area contributed by atoms with Crippen LogP contribution in [0, 0.1) is 5.41 Å². The van der Waals surface area contributed by atoms with Gasteiger partial charge >= 0.3 is 0 Å². The molecule has 2 aliphatic rings. The fraction of sp³-hybridized carbons (Fsp3) is 0.733. The molecule has 1 aromatic heterocycles. The average molecular weight is 467 g/mol. The molecule has 1 unspecified atom stereocenters. The Morgan fingerprint density at radius 1 is 1.42 bits per heavy atom. The summed E-state index contributed by atoms with van der Waals surface area (Å²) in [5, 5.41) is 12.3. The molecule has 2 aliphatic heterocycles. The van der Waals surface area contributed by atoms with Crippen molar-refractivity contribution in [1.29, 1.82) is 0 Å². The van der Waals surface area contributed by atoms with Gasteiger partial charge in [0.1, 0.15) is 0 Å². The van der Waals surface area contributed by atoms with E-state index in [1.165, 1.54) is 0 Å². The maximum Gasteiger partial charge on any atom is 0.191 e. The van der Waals surface area contributed by atoms with Gasteiger partial charge in [0.15, 0.2) is 11.1 Å². The van der Waals surface area contributed by atoms with E-state index < -0.39 is 0 Å². The lowest BCUT2D eigenvalue weighted by Crippen LogP contribution is -2.51. The standard InChI is InChI=1S/C15H25N5O2S.HI/c16-13(18-11-15(1-8-21)2-9-22-12-15)19-4-6-20(7-5-19)14-17-3-10-23-14;/h3,10,21H,1-2,4-9,11-12H2,(H2,16,18);1H. The number of aliphatic hydroxyl groups is 1. The van der Waals surface area contributed by atoms with Gasteiger partial charge < -0.3 is 25.4 Å². The van der Waals surface area contributed by atoms with Crippen LogP contribution in [0.3, 0.4) is 0 Å². The molecule has 0 aliphatic carbocycles. The highest BCUT2D eigenvalue weighted by atomic mass is 127. The molecule has 1 atom stereocenters. The molecule has 0 radical (unpaired) electrons. The number of aliphatic hydroxyl groups excluding tert-OH is 1. The van der Waals surface area contributed by atoms with Crippen molar-refractivity contribution in [3.8, 4) is 0 Å². The molecule has 3 rings (SSSR count). The molecule has 24 heavy (non-hydrogen) atoms. The summed E-state index contributed by atoms with van der Waals surface area (Å²) < 4.78 is 5.50. The number of nitrogens with two attached hydrogens (primary N) is 1. The zero-order chi connectivity index (χ0) is 16.1. The van der Waals surface area contributed by atoms with Gasteiger partial charge in [0.25, 0.3) is 0 Å². The van der Waals surface area contributed by atoms with Gasteiger partial charge in [-0.05, 0) is 12.8 Å². The van der Waals surface area contributed by atoms with E-state index in [1.807, 2.05) is 11.6 Å². The third kappa shape index (κ3) is 4.70. The van der Waals surface area contributed by atoms with E-state index in [1.54, 1.807) is 11.3 Å². The summed E-state index contributed by atoms with van der Waals surface area (Å²) in [7, 11) is 0. The Kier molecular flexibility index (Phi) is 7.51. The van der Waals surface area contributed by atoms with Crippen molar-refractivity contribution in [1.82, 2.24) is 9.88 Å². The van der Waals surface area contributed by atoms with E-state index in [0.29, 0.717) is 19.1 Å². The van der Waals surface area contributed by atoms with Crippen LogP contribution in [0.4, 0.5) is 5.13 Å². The number of aliphatic imine (C=N–C) groups is 1. The Morgan fingerprint density at radius 3 is 2.79 bits per heavy atom. The molecule has 1 aromatic rings. The largest absolute Gasteiger partial charge is 0.396 e. The fourth-order valence-corrected chi connectivity index (χ4v) is 3.83. The lowest BCUT2D eigenvalue weighted by molar-refractivity contribution is 0.131. The van der Waals surface area contributed by atoms with Crippen LogP contribution in [-0.4, -0.2) is 73.5 Å². The van der Waals surface area contributed by atoms with Gasteiger partial charge in [-0.25, -0.2) is 4.98 Å². The van der Waals surface area contributed by atoms with Gasteiger partial charge in [0, 0.05) is 56.4 Å². The molecule has 7 nitrogen and oxygen atoms in total. The average Bonchev–Trinajstić information content (AvgIpc) is 3.26. The number of hydrogen-bond donors (Lipinski definition) is 2. The number of halogens is 1. The number of guanidine groups is 1. The number of thiazole rings is 1. The number of rotatable bonds is 5. The van der Waals surface area contributed by atoms with Crippen molar-refractivity contribution in [3.05, 3.63) is 11.6 Å². The van der Waals surface area contributed by atoms with Gasteiger partial charge in [-0.1, -0.05) is 0 Å². The SMILES string of the molecule is I.NC(=NCC1(CCO)CCOC1)N1CCN(c2nccs2)CC1. The Hall–Kier alpha value is -0.650. The Labute approximate surface area is 163 Å². The summed E-state index contributed by atoms with van der Waals surface area (Å²) in [5.74, 6) is 0.605. The number of piperazine rings is 1. The van der Waals surface area contributed by atoms with Crippen molar-refractivity contribution in [3.63, 3.8) is 0 Å². The quantitative estimate of drug-likeness (QED) is 0.382. The van der Waals surface area contributed by atoms with Crippen LogP contribution in [-0.2, 0) is 4.74 Å². The molecule has 2 fully saturated rings. The van der Waals surface area contributed by atoms with Crippen LogP contribution >= 0.6 is 35.3 Å². The highest BCUT2D eigenvalue weighted by molar-refractivity contribution is 14.0. The van der Waals surface area contributed by atoms with E-state index >= 15 is 0 Å². The predicted octanol–water partition coefficient (Wildman–Crippen LogP) is 0.987. The van der Waals surface area contributed by atoms with E-state index in [9.17, 15) is 5.11 Å². The van der Waals surface area contributed by atoms with Crippen LogP contribution in [0.15, 0.2) is 16.6 Å². The number of nitrogens with zero attached hydrogens (tertiary/aromatic N) is 4. The van der Waals surface area contributed by atoms with E-state index in [2.05, 4.69) is 19.8 Å². The molecular formula is C15H26IN5O2S. The summed E-state index contributed by atoms with van der Waals surface area (Å²) in [6.07, 6.45) is 3.51. The van der Waals surface area contributed by atoms with Crippen LogP contribution in [0.5, 0.6) is 0 Å². The first kappa shape index (κ1) is 19.7. The predicted molar refractivity (Wildman–Crippen MR) is 107 cm³/mol. The maximum absolute atomic E-state index is 9.27. The third-order valence-electron chi connectivity index (χ3n) is 4.70. The highest BCUT2D eigenvalue weighted by Gasteiger charge is 2.34. The number of aromatic nitrogens is 1. The summed E-state index contributed by atoms with van der Waals surface area (Å²) in [4.78, 5) is 13.4. The second kappa shape index (κ2) is 9.16. The minimum atomic E-state index is -0.0396.